The number of ether oxygens (including phenoxy) is 2. The molecule has 0 heterocycles. The summed E-state index contributed by atoms with van der Waals surface area (Å²) in [5.41, 5.74) is 0.980. The van der Waals surface area contributed by atoms with Crippen LogP contribution in [0.25, 0.3) is 0 Å². The predicted octanol–water partition coefficient (Wildman–Crippen LogP) is 2.70. The molecule has 1 unspecified atom stereocenters. The summed E-state index contributed by atoms with van der Waals surface area (Å²) in [6.45, 7) is 2.86. The van der Waals surface area contributed by atoms with Gasteiger partial charge in [0.1, 0.15) is 23.4 Å². The van der Waals surface area contributed by atoms with Crippen molar-refractivity contribution in [3.8, 4) is 11.5 Å². The van der Waals surface area contributed by atoms with E-state index in [1.54, 1.807) is 26.3 Å². The number of amides is 1. The SMILES string of the molecule is CN=C(NCC(=O)NCc1ccc(OC)cc1)NCC(C)Oc1ccc(F)cc1.I. The molecule has 1 amide bonds. The van der Waals surface area contributed by atoms with E-state index >= 15 is 0 Å². The van der Waals surface area contributed by atoms with E-state index in [1.165, 1.54) is 12.1 Å². The van der Waals surface area contributed by atoms with Gasteiger partial charge in [-0.25, -0.2) is 4.39 Å². The van der Waals surface area contributed by atoms with Crippen molar-refractivity contribution < 1.29 is 18.7 Å². The topological polar surface area (TPSA) is 84.0 Å². The first-order valence-electron chi connectivity index (χ1n) is 9.26. The number of carbonyl (C=O) groups excluding carboxylic acids is 1. The normalized spacial score (nSPS) is 11.7. The summed E-state index contributed by atoms with van der Waals surface area (Å²) in [6.07, 6.45) is -0.178. The molecule has 2 rings (SSSR count). The van der Waals surface area contributed by atoms with E-state index in [1.807, 2.05) is 31.2 Å². The van der Waals surface area contributed by atoms with Crippen molar-refractivity contribution in [2.45, 2.75) is 19.6 Å². The minimum Gasteiger partial charge on any atom is -0.497 e. The Morgan fingerprint density at radius 2 is 1.67 bits per heavy atom. The fourth-order valence-corrected chi connectivity index (χ4v) is 2.42. The summed E-state index contributed by atoms with van der Waals surface area (Å²) in [6, 6.07) is 13.3. The summed E-state index contributed by atoms with van der Waals surface area (Å²) >= 11 is 0. The third-order valence-corrected chi connectivity index (χ3v) is 4.00. The molecule has 0 saturated heterocycles. The van der Waals surface area contributed by atoms with Crippen molar-refractivity contribution in [1.82, 2.24) is 16.0 Å². The third kappa shape index (κ3) is 9.29. The van der Waals surface area contributed by atoms with Gasteiger partial charge in [-0.3, -0.25) is 9.79 Å². The number of carbonyl (C=O) groups is 1. The van der Waals surface area contributed by atoms with Crippen LogP contribution in [0.4, 0.5) is 4.39 Å². The maximum absolute atomic E-state index is 12.9. The Morgan fingerprint density at radius 3 is 2.27 bits per heavy atom. The molecule has 0 aliphatic carbocycles. The van der Waals surface area contributed by atoms with E-state index in [0.717, 1.165) is 11.3 Å². The highest BCUT2D eigenvalue weighted by Crippen LogP contribution is 2.13. The number of hydrogen-bond donors (Lipinski definition) is 3. The molecule has 3 N–H and O–H groups in total. The standard InChI is InChI=1S/C21H27FN4O3.HI/c1-15(29-19-10-6-17(22)7-11-19)12-25-21(23-2)26-14-20(27)24-13-16-4-8-18(28-3)9-5-16;/h4-11,15H,12-14H2,1-3H3,(H,24,27)(H2,23,25,26);1H. The summed E-state index contributed by atoms with van der Waals surface area (Å²) < 4.78 is 23.7. The van der Waals surface area contributed by atoms with Gasteiger partial charge >= 0.3 is 0 Å². The molecule has 0 saturated carbocycles. The van der Waals surface area contributed by atoms with Crippen LogP contribution in [-0.2, 0) is 11.3 Å². The van der Waals surface area contributed by atoms with Gasteiger partial charge in [0.25, 0.3) is 0 Å². The number of benzene rings is 2. The molecule has 0 fully saturated rings. The van der Waals surface area contributed by atoms with Gasteiger partial charge in [0, 0.05) is 13.6 Å². The summed E-state index contributed by atoms with van der Waals surface area (Å²) in [7, 11) is 3.23. The van der Waals surface area contributed by atoms with Crippen LogP contribution in [0.1, 0.15) is 12.5 Å². The Hall–Kier alpha value is -2.56. The van der Waals surface area contributed by atoms with Crippen LogP contribution in [0.3, 0.4) is 0 Å². The molecule has 7 nitrogen and oxygen atoms in total. The van der Waals surface area contributed by atoms with Crippen LogP contribution in [0, 0.1) is 5.82 Å². The number of guanidine groups is 1. The minimum atomic E-state index is -0.307. The quantitative estimate of drug-likeness (QED) is 0.264. The van der Waals surface area contributed by atoms with Gasteiger partial charge in [-0.1, -0.05) is 12.1 Å². The molecule has 30 heavy (non-hydrogen) atoms. The van der Waals surface area contributed by atoms with Gasteiger partial charge in [0.2, 0.25) is 5.91 Å². The first-order chi connectivity index (χ1) is 14.0. The van der Waals surface area contributed by atoms with E-state index in [4.69, 9.17) is 9.47 Å². The molecular weight excluding hydrogens is 502 g/mol. The number of nitrogens with one attached hydrogen (secondary N) is 3. The van der Waals surface area contributed by atoms with E-state index in [-0.39, 0.29) is 48.3 Å². The first-order valence-corrected chi connectivity index (χ1v) is 9.26. The maximum Gasteiger partial charge on any atom is 0.239 e. The van der Waals surface area contributed by atoms with Crippen LogP contribution in [-0.4, -0.2) is 45.2 Å². The lowest BCUT2D eigenvalue weighted by molar-refractivity contribution is -0.120. The minimum absolute atomic E-state index is 0. The van der Waals surface area contributed by atoms with E-state index in [9.17, 15) is 9.18 Å². The van der Waals surface area contributed by atoms with Crippen molar-refractivity contribution in [2.24, 2.45) is 4.99 Å². The zero-order chi connectivity index (χ0) is 21.1. The summed E-state index contributed by atoms with van der Waals surface area (Å²) in [5, 5.41) is 8.88. The predicted molar refractivity (Wildman–Crippen MR) is 126 cm³/mol. The monoisotopic (exact) mass is 530 g/mol. The van der Waals surface area contributed by atoms with Gasteiger partial charge in [-0.05, 0) is 48.9 Å². The first kappa shape index (κ1) is 25.5. The number of aliphatic imine (C=N–C) groups is 1. The smallest absolute Gasteiger partial charge is 0.239 e. The lowest BCUT2D eigenvalue weighted by atomic mass is 10.2. The molecule has 0 aliphatic rings. The fraction of sp³-hybridized carbons (Fsp3) is 0.333. The van der Waals surface area contributed by atoms with Crippen LogP contribution in [0.5, 0.6) is 11.5 Å². The maximum atomic E-state index is 12.9. The molecule has 0 radical (unpaired) electrons. The number of methoxy groups -OCH3 is 1. The average Bonchev–Trinajstić information content (AvgIpc) is 2.74. The second kappa shape index (κ2) is 13.6. The number of nitrogens with zero attached hydrogens (tertiary/aromatic N) is 1. The van der Waals surface area contributed by atoms with E-state index < -0.39 is 0 Å². The zero-order valence-corrected chi connectivity index (χ0v) is 19.6. The van der Waals surface area contributed by atoms with Crippen molar-refractivity contribution in [2.75, 3.05) is 27.2 Å². The molecule has 0 bridgehead atoms. The van der Waals surface area contributed by atoms with Crippen molar-refractivity contribution in [3.63, 3.8) is 0 Å². The molecule has 0 aromatic heterocycles. The van der Waals surface area contributed by atoms with Gasteiger partial charge in [0.05, 0.1) is 20.2 Å². The second-order valence-electron chi connectivity index (χ2n) is 6.31. The third-order valence-electron chi connectivity index (χ3n) is 4.00. The zero-order valence-electron chi connectivity index (χ0n) is 17.3. The Balaban J connectivity index is 0.00000450. The molecule has 2 aromatic rings. The van der Waals surface area contributed by atoms with Crippen molar-refractivity contribution in [3.05, 3.63) is 59.9 Å². The van der Waals surface area contributed by atoms with Gasteiger partial charge in [0.15, 0.2) is 5.96 Å². The van der Waals surface area contributed by atoms with Crippen molar-refractivity contribution >= 4 is 35.8 Å². The molecule has 0 spiro atoms. The van der Waals surface area contributed by atoms with Crippen LogP contribution in [0.15, 0.2) is 53.5 Å². The highest BCUT2D eigenvalue weighted by Gasteiger charge is 2.08. The van der Waals surface area contributed by atoms with Crippen LogP contribution in [0.2, 0.25) is 0 Å². The number of rotatable bonds is 9. The fourth-order valence-electron chi connectivity index (χ4n) is 2.42. The van der Waals surface area contributed by atoms with E-state index in [0.29, 0.717) is 24.8 Å². The Labute approximate surface area is 193 Å². The van der Waals surface area contributed by atoms with Gasteiger partial charge < -0.3 is 25.4 Å². The highest BCUT2D eigenvalue weighted by atomic mass is 127. The van der Waals surface area contributed by atoms with Gasteiger partial charge in [-0.2, -0.15) is 0 Å². The lowest BCUT2D eigenvalue weighted by Gasteiger charge is -2.17. The number of halogens is 2. The second-order valence-corrected chi connectivity index (χ2v) is 6.31. The van der Waals surface area contributed by atoms with E-state index in [2.05, 4.69) is 20.9 Å². The Kier molecular flexibility index (Phi) is 11.6. The molecule has 164 valence electrons. The molecule has 2 aromatic carbocycles. The number of hydrogen-bond acceptors (Lipinski definition) is 4. The molecule has 1 atom stereocenters. The molecule has 0 aliphatic heterocycles. The lowest BCUT2D eigenvalue weighted by Crippen LogP contribution is -2.45. The average molecular weight is 530 g/mol. The summed E-state index contributed by atoms with van der Waals surface area (Å²) in [4.78, 5) is 16.1. The Morgan fingerprint density at radius 1 is 1.03 bits per heavy atom. The molecule has 9 heteroatoms. The van der Waals surface area contributed by atoms with Crippen LogP contribution >= 0.6 is 24.0 Å². The van der Waals surface area contributed by atoms with Crippen molar-refractivity contribution in [1.29, 1.82) is 0 Å². The van der Waals surface area contributed by atoms with Crippen LogP contribution < -0.4 is 25.4 Å². The summed E-state index contributed by atoms with van der Waals surface area (Å²) in [5.74, 6) is 1.38. The largest absolute Gasteiger partial charge is 0.497 e. The Bertz CT molecular complexity index is 801. The molecular formula is C21H28FIN4O3. The highest BCUT2D eigenvalue weighted by molar-refractivity contribution is 14.0. The van der Waals surface area contributed by atoms with Gasteiger partial charge in [-0.15, -0.1) is 24.0 Å².